The van der Waals surface area contributed by atoms with E-state index in [0.29, 0.717) is 18.0 Å². The topological polar surface area (TPSA) is 61.4 Å². The van der Waals surface area contributed by atoms with Crippen LogP contribution < -0.4 is 25.0 Å². The van der Waals surface area contributed by atoms with Crippen LogP contribution in [0, 0.1) is 5.92 Å². The van der Waals surface area contributed by atoms with Crippen molar-refractivity contribution in [2.24, 2.45) is 10.9 Å². The number of hydrogen-bond donors (Lipinski definition) is 2. The van der Waals surface area contributed by atoms with Crippen LogP contribution in [0.25, 0.3) is 0 Å². The highest BCUT2D eigenvalue weighted by Crippen LogP contribution is 2.30. The minimum atomic E-state index is 0. The SMILES string of the molecule is CN=C(NCC1CCCN(C(C)C)C1)NC1CCN(c2cc(OC)cc(OC)c2)C1.I. The van der Waals surface area contributed by atoms with E-state index in [1.807, 2.05) is 13.1 Å². The number of nitrogens with zero attached hydrogens (tertiary/aromatic N) is 3. The normalized spacial score (nSPS) is 22.3. The van der Waals surface area contributed by atoms with E-state index in [1.165, 1.54) is 25.9 Å². The summed E-state index contributed by atoms with van der Waals surface area (Å²) in [5, 5.41) is 7.19. The average Bonchev–Trinajstić information content (AvgIpc) is 3.25. The molecule has 2 aliphatic rings. The van der Waals surface area contributed by atoms with Crippen molar-refractivity contribution < 1.29 is 9.47 Å². The smallest absolute Gasteiger partial charge is 0.191 e. The van der Waals surface area contributed by atoms with E-state index in [9.17, 15) is 0 Å². The van der Waals surface area contributed by atoms with Crippen LogP contribution in [0.15, 0.2) is 23.2 Å². The summed E-state index contributed by atoms with van der Waals surface area (Å²) in [6, 6.07) is 7.05. The second-order valence-corrected chi connectivity index (χ2v) is 8.70. The van der Waals surface area contributed by atoms with E-state index in [1.54, 1.807) is 14.2 Å². The van der Waals surface area contributed by atoms with Gasteiger partial charge in [-0.3, -0.25) is 4.99 Å². The van der Waals surface area contributed by atoms with Crippen LogP contribution >= 0.6 is 24.0 Å². The van der Waals surface area contributed by atoms with Gasteiger partial charge in [-0.1, -0.05) is 0 Å². The lowest BCUT2D eigenvalue weighted by Gasteiger charge is -2.35. The molecule has 2 N–H and O–H groups in total. The molecule has 176 valence electrons. The lowest BCUT2D eigenvalue weighted by atomic mass is 9.97. The number of aliphatic imine (C=N–C) groups is 1. The van der Waals surface area contributed by atoms with Gasteiger partial charge in [0.1, 0.15) is 11.5 Å². The van der Waals surface area contributed by atoms with Crippen LogP contribution in [0.2, 0.25) is 0 Å². The van der Waals surface area contributed by atoms with Crippen LogP contribution in [0.5, 0.6) is 11.5 Å². The maximum Gasteiger partial charge on any atom is 0.191 e. The van der Waals surface area contributed by atoms with E-state index < -0.39 is 0 Å². The Kier molecular flexibility index (Phi) is 10.5. The number of nitrogens with one attached hydrogen (secondary N) is 2. The van der Waals surface area contributed by atoms with Crippen molar-refractivity contribution in [3.63, 3.8) is 0 Å². The van der Waals surface area contributed by atoms with Gasteiger partial charge >= 0.3 is 0 Å². The van der Waals surface area contributed by atoms with E-state index in [2.05, 4.69) is 51.4 Å². The van der Waals surface area contributed by atoms with Crippen LogP contribution in [0.3, 0.4) is 0 Å². The molecule has 1 aromatic rings. The predicted octanol–water partition coefficient (Wildman–Crippen LogP) is 3.19. The number of likely N-dealkylation sites (tertiary alicyclic amines) is 1. The molecule has 0 aromatic heterocycles. The third-order valence-electron chi connectivity index (χ3n) is 6.29. The third kappa shape index (κ3) is 7.30. The van der Waals surface area contributed by atoms with Gasteiger partial charge in [0, 0.05) is 69.2 Å². The van der Waals surface area contributed by atoms with Gasteiger partial charge in [0.05, 0.1) is 14.2 Å². The molecule has 2 saturated heterocycles. The summed E-state index contributed by atoms with van der Waals surface area (Å²) in [7, 11) is 5.24. The largest absolute Gasteiger partial charge is 0.497 e. The molecule has 8 heteroatoms. The molecule has 31 heavy (non-hydrogen) atoms. The number of hydrogen-bond acceptors (Lipinski definition) is 5. The number of ether oxygens (including phenoxy) is 2. The highest BCUT2D eigenvalue weighted by Gasteiger charge is 2.25. The van der Waals surface area contributed by atoms with Gasteiger partial charge < -0.3 is 29.9 Å². The number of methoxy groups -OCH3 is 2. The standard InChI is InChI=1S/C23H39N5O2.HI/c1-17(2)27-9-6-7-18(15-27)14-25-23(24-3)26-19-8-10-28(16-19)20-11-21(29-4)13-22(12-20)30-5;/h11-13,17-19H,6-10,14-16H2,1-5H3,(H2,24,25,26);1H. The molecular formula is C23H40IN5O2. The molecule has 0 bridgehead atoms. The second kappa shape index (κ2) is 12.6. The number of guanidine groups is 1. The molecule has 2 atom stereocenters. The number of anilines is 1. The molecule has 2 fully saturated rings. The van der Waals surface area contributed by atoms with E-state index in [4.69, 9.17) is 9.47 Å². The summed E-state index contributed by atoms with van der Waals surface area (Å²) < 4.78 is 10.8. The van der Waals surface area contributed by atoms with Gasteiger partial charge in [0.25, 0.3) is 0 Å². The van der Waals surface area contributed by atoms with Gasteiger partial charge in [-0.05, 0) is 45.6 Å². The molecule has 0 saturated carbocycles. The molecule has 0 radical (unpaired) electrons. The van der Waals surface area contributed by atoms with Gasteiger partial charge in [0.2, 0.25) is 0 Å². The summed E-state index contributed by atoms with van der Waals surface area (Å²) in [6.07, 6.45) is 3.66. The summed E-state index contributed by atoms with van der Waals surface area (Å²) in [4.78, 5) is 9.42. The summed E-state index contributed by atoms with van der Waals surface area (Å²) in [5.74, 6) is 3.23. The third-order valence-corrected chi connectivity index (χ3v) is 6.29. The molecule has 0 spiro atoms. The zero-order valence-electron chi connectivity index (χ0n) is 19.7. The van der Waals surface area contributed by atoms with Crippen molar-refractivity contribution in [1.82, 2.24) is 15.5 Å². The Morgan fingerprint density at radius 1 is 1.10 bits per heavy atom. The molecule has 0 amide bonds. The van der Waals surface area contributed by atoms with Crippen LogP contribution in [0.1, 0.15) is 33.1 Å². The first-order valence-corrected chi connectivity index (χ1v) is 11.2. The predicted molar refractivity (Wildman–Crippen MR) is 140 cm³/mol. The first-order valence-electron chi connectivity index (χ1n) is 11.2. The Morgan fingerprint density at radius 2 is 1.81 bits per heavy atom. The molecule has 2 aliphatic heterocycles. The van der Waals surface area contributed by atoms with Crippen LogP contribution in [-0.4, -0.2) is 76.9 Å². The maximum absolute atomic E-state index is 5.42. The van der Waals surface area contributed by atoms with Gasteiger partial charge in [0.15, 0.2) is 5.96 Å². The van der Waals surface area contributed by atoms with E-state index >= 15 is 0 Å². The minimum absolute atomic E-state index is 0. The Hall–Kier alpha value is -1.42. The Balaban J connectivity index is 0.00000341. The molecule has 1 aromatic carbocycles. The fourth-order valence-corrected chi connectivity index (χ4v) is 4.45. The van der Waals surface area contributed by atoms with Crippen molar-refractivity contribution in [3.05, 3.63) is 18.2 Å². The maximum atomic E-state index is 5.42. The monoisotopic (exact) mass is 545 g/mol. The number of piperidine rings is 1. The van der Waals surface area contributed by atoms with Crippen molar-refractivity contribution in [3.8, 4) is 11.5 Å². The molecule has 2 heterocycles. The molecular weight excluding hydrogens is 505 g/mol. The lowest BCUT2D eigenvalue weighted by Crippen LogP contribution is -2.48. The Bertz CT molecular complexity index is 693. The minimum Gasteiger partial charge on any atom is -0.497 e. The summed E-state index contributed by atoms with van der Waals surface area (Å²) in [6.45, 7) is 9.90. The zero-order valence-corrected chi connectivity index (χ0v) is 22.0. The average molecular weight is 546 g/mol. The number of rotatable bonds is 7. The van der Waals surface area contributed by atoms with Gasteiger partial charge in [-0.15, -0.1) is 24.0 Å². The van der Waals surface area contributed by atoms with Crippen LogP contribution in [-0.2, 0) is 0 Å². The van der Waals surface area contributed by atoms with E-state index in [0.717, 1.165) is 49.2 Å². The Morgan fingerprint density at radius 3 is 2.42 bits per heavy atom. The van der Waals surface area contributed by atoms with Crippen molar-refractivity contribution >= 4 is 35.6 Å². The van der Waals surface area contributed by atoms with Crippen molar-refractivity contribution in [2.45, 2.75) is 45.2 Å². The fourth-order valence-electron chi connectivity index (χ4n) is 4.45. The quantitative estimate of drug-likeness (QED) is 0.312. The fraction of sp³-hybridized carbons (Fsp3) is 0.696. The first-order chi connectivity index (χ1) is 14.5. The van der Waals surface area contributed by atoms with E-state index in [-0.39, 0.29) is 24.0 Å². The lowest BCUT2D eigenvalue weighted by molar-refractivity contribution is 0.141. The number of benzene rings is 1. The van der Waals surface area contributed by atoms with Crippen LogP contribution in [0.4, 0.5) is 5.69 Å². The van der Waals surface area contributed by atoms with Gasteiger partial charge in [-0.25, -0.2) is 0 Å². The first kappa shape index (κ1) is 25.8. The van der Waals surface area contributed by atoms with Crippen molar-refractivity contribution in [1.29, 1.82) is 0 Å². The van der Waals surface area contributed by atoms with Gasteiger partial charge in [-0.2, -0.15) is 0 Å². The zero-order chi connectivity index (χ0) is 21.5. The molecule has 2 unspecified atom stereocenters. The summed E-state index contributed by atoms with van der Waals surface area (Å²) >= 11 is 0. The number of halogens is 1. The molecule has 0 aliphatic carbocycles. The highest BCUT2D eigenvalue weighted by atomic mass is 127. The Labute approximate surface area is 205 Å². The molecule has 7 nitrogen and oxygen atoms in total. The summed E-state index contributed by atoms with van der Waals surface area (Å²) in [5.41, 5.74) is 1.13. The van der Waals surface area contributed by atoms with Crippen molar-refractivity contribution in [2.75, 3.05) is 58.9 Å². The second-order valence-electron chi connectivity index (χ2n) is 8.70. The molecule has 3 rings (SSSR count). The highest BCUT2D eigenvalue weighted by molar-refractivity contribution is 14.0.